The number of hydrogen-bond acceptors (Lipinski definition) is 4. The van der Waals surface area contributed by atoms with Crippen LogP contribution in [0.3, 0.4) is 0 Å². The highest BCUT2D eigenvalue weighted by atomic mass is 35.5. The normalized spacial score (nSPS) is 17.8. The topological polar surface area (TPSA) is 34.1 Å². The van der Waals surface area contributed by atoms with Crippen molar-refractivity contribution in [2.45, 2.75) is 45.3 Å². The van der Waals surface area contributed by atoms with Crippen LogP contribution in [0.5, 0.6) is 0 Å². The second-order valence-electron chi connectivity index (χ2n) is 5.53. The highest BCUT2D eigenvalue weighted by Gasteiger charge is 2.26. The lowest BCUT2D eigenvalue weighted by Gasteiger charge is -2.23. The molecular weight excluding hydrogens is 304 g/mol. The van der Waals surface area contributed by atoms with Gasteiger partial charge in [-0.25, -0.2) is 4.98 Å². The predicted molar refractivity (Wildman–Crippen MR) is 88.7 cm³/mol. The van der Waals surface area contributed by atoms with Crippen LogP contribution in [0.4, 0.5) is 10.8 Å². The van der Waals surface area contributed by atoms with Gasteiger partial charge in [0.1, 0.15) is 0 Å². The van der Waals surface area contributed by atoms with Gasteiger partial charge in [0.15, 0.2) is 5.13 Å². The molecule has 1 heterocycles. The second kappa shape index (κ2) is 6.34. The number of rotatable bonds is 4. The molecule has 0 saturated heterocycles. The van der Waals surface area contributed by atoms with Crippen LogP contribution in [-0.4, -0.2) is 11.1 Å². The zero-order valence-corrected chi connectivity index (χ0v) is 13.8. The van der Waals surface area contributed by atoms with Crippen LogP contribution >= 0.6 is 22.9 Å². The van der Waals surface area contributed by atoms with Crippen molar-refractivity contribution in [3.05, 3.63) is 39.9 Å². The molecule has 1 aromatic carbocycles. The number of thiazole rings is 1. The van der Waals surface area contributed by atoms with E-state index >= 15 is 0 Å². The van der Waals surface area contributed by atoms with Crippen molar-refractivity contribution >= 4 is 33.8 Å². The summed E-state index contributed by atoms with van der Waals surface area (Å²) in [5, 5.41) is 5.03. The van der Waals surface area contributed by atoms with Gasteiger partial charge in [-0.2, -0.15) is 0 Å². The number of benzene rings is 1. The van der Waals surface area contributed by atoms with Gasteiger partial charge >= 0.3 is 0 Å². The molecule has 2 aromatic rings. The molecule has 1 N–H and O–H groups in total. The summed E-state index contributed by atoms with van der Waals surface area (Å²) in [6.45, 7) is 4.17. The molecule has 1 atom stereocenters. The van der Waals surface area contributed by atoms with E-state index in [1.54, 1.807) is 11.3 Å². The first kappa shape index (κ1) is 14.8. The number of hydrogen-bond donors (Lipinski definition) is 1. The molecule has 21 heavy (non-hydrogen) atoms. The maximum atomic E-state index is 6.02. The minimum Gasteiger partial charge on any atom is -0.370 e. The van der Waals surface area contributed by atoms with Crippen molar-refractivity contribution in [2.75, 3.05) is 5.32 Å². The molecule has 1 unspecified atom stereocenters. The summed E-state index contributed by atoms with van der Waals surface area (Å²) in [5.41, 5.74) is 2.19. The van der Waals surface area contributed by atoms with E-state index < -0.39 is 0 Å². The summed E-state index contributed by atoms with van der Waals surface area (Å²) >= 11 is 7.61. The monoisotopic (exact) mass is 322 g/mol. The van der Waals surface area contributed by atoms with Gasteiger partial charge in [-0.1, -0.05) is 22.9 Å². The number of anilines is 2. The molecule has 0 saturated carbocycles. The fourth-order valence-electron chi connectivity index (χ4n) is 2.55. The SMILES string of the molecule is CC(C)OC1CCCc2nc(Nc3ccc(Cl)cc3)sc21. The van der Waals surface area contributed by atoms with Crippen molar-refractivity contribution in [3.8, 4) is 0 Å². The van der Waals surface area contributed by atoms with Gasteiger partial charge in [0.05, 0.1) is 22.8 Å². The highest BCUT2D eigenvalue weighted by molar-refractivity contribution is 7.15. The Bertz CT molecular complexity index is 609. The summed E-state index contributed by atoms with van der Waals surface area (Å²) in [6, 6.07) is 7.68. The summed E-state index contributed by atoms with van der Waals surface area (Å²) in [7, 11) is 0. The molecule has 1 aliphatic rings. The maximum absolute atomic E-state index is 6.02. The fraction of sp³-hybridized carbons (Fsp3) is 0.438. The molecule has 0 spiro atoms. The lowest BCUT2D eigenvalue weighted by molar-refractivity contribution is -0.000974. The molecule has 0 fully saturated rings. The Morgan fingerprint density at radius 1 is 1.33 bits per heavy atom. The molecule has 1 aromatic heterocycles. The van der Waals surface area contributed by atoms with Crippen molar-refractivity contribution in [3.63, 3.8) is 0 Å². The summed E-state index contributed by atoms with van der Waals surface area (Å²) < 4.78 is 6.02. The minimum absolute atomic E-state index is 0.201. The van der Waals surface area contributed by atoms with Gasteiger partial charge in [0.2, 0.25) is 0 Å². The van der Waals surface area contributed by atoms with Crippen molar-refractivity contribution < 1.29 is 4.74 Å². The average Bonchev–Trinajstić information content (AvgIpc) is 2.84. The van der Waals surface area contributed by atoms with Crippen molar-refractivity contribution in [1.29, 1.82) is 0 Å². The Labute approximate surface area is 134 Å². The Morgan fingerprint density at radius 2 is 2.10 bits per heavy atom. The Kier molecular flexibility index (Phi) is 4.48. The Balaban J connectivity index is 1.79. The molecule has 5 heteroatoms. The molecule has 0 bridgehead atoms. The highest BCUT2D eigenvalue weighted by Crippen LogP contribution is 2.39. The number of halogens is 1. The first-order valence-electron chi connectivity index (χ1n) is 7.29. The van der Waals surface area contributed by atoms with Crippen LogP contribution < -0.4 is 5.32 Å². The number of aryl methyl sites for hydroxylation is 1. The van der Waals surface area contributed by atoms with E-state index in [1.807, 2.05) is 24.3 Å². The third kappa shape index (κ3) is 3.57. The minimum atomic E-state index is 0.201. The number of aromatic nitrogens is 1. The summed E-state index contributed by atoms with van der Waals surface area (Å²) in [4.78, 5) is 6.00. The molecule has 112 valence electrons. The quantitative estimate of drug-likeness (QED) is 0.824. The van der Waals surface area contributed by atoms with Crippen LogP contribution in [0.15, 0.2) is 24.3 Å². The van der Waals surface area contributed by atoms with Crippen LogP contribution in [-0.2, 0) is 11.2 Å². The van der Waals surface area contributed by atoms with Crippen molar-refractivity contribution in [2.24, 2.45) is 0 Å². The van der Waals surface area contributed by atoms with E-state index in [2.05, 4.69) is 19.2 Å². The van der Waals surface area contributed by atoms with Gasteiger partial charge in [-0.05, 0) is 57.4 Å². The van der Waals surface area contributed by atoms with Crippen LogP contribution in [0.25, 0.3) is 0 Å². The van der Waals surface area contributed by atoms with E-state index in [1.165, 1.54) is 10.6 Å². The fourth-order valence-corrected chi connectivity index (χ4v) is 3.78. The molecule has 0 radical (unpaired) electrons. The van der Waals surface area contributed by atoms with E-state index in [9.17, 15) is 0 Å². The number of fused-ring (bicyclic) bond motifs is 1. The standard InChI is InChI=1S/C16H19ClN2OS/c1-10(2)20-14-5-3-4-13-15(14)21-16(19-13)18-12-8-6-11(17)7-9-12/h6-10,14H,3-5H2,1-2H3,(H,18,19). The average molecular weight is 323 g/mol. The number of ether oxygens (including phenoxy) is 1. The lowest BCUT2D eigenvalue weighted by Crippen LogP contribution is -2.14. The largest absolute Gasteiger partial charge is 0.370 e. The zero-order chi connectivity index (χ0) is 14.8. The predicted octanol–water partition coefficient (Wildman–Crippen LogP) is 5.34. The van der Waals surface area contributed by atoms with Gasteiger partial charge in [0.25, 0.3) is 0 Å². The van der Waals surface area contributed by atoms with Crippen LogP contribution in [0, 0.1) is 0 Å². The van der Waals surface area contributed by atoms with Crippen LogP contribution in [0.1, 0.15) is 43.4 Å². The second-order valence-corrected chi connectivity index (χ2v) is 6.99. The van der Waals surface area contributed by atoms with Gasteiger partial charge in [-0.15, -0.1) is 0 Å². The van der Waals surface area contributed by atoms with Crippen LogP contribution in [0.2, 0.25) is 5.02 Å². The maximum Gasteiger partial charge on any atom is 0.187 e. The third-order valence-corrected chi connectivity index (χ3v) is 4.79. The van der Waals surface area contributed by atoms with Gasteiger partial charge < -0.3 is 10.1 Å². The molecule has 1 aliphatic carbocycles. The zero-order valence-electron chi connectivity index (χ0n) is 12.2. The first-order chi connectivity index (χ1) is 10.1. The number of nitrogens with one attached hydrogen (secondary N) is 1. The summed E-state index contributed by atoms with van der Waals surface area (Å²) in [5.74, 6) is 0. The van der Waals surface area contributed by atoms with E-state index in [0.717, 1.165) is 35.1 Å². The number of nitrogens with zero attached hydrogens (tertiary/aromatic N) is 1. The molecule has 3 nitrogen and oxygen atoms in total. The summed E-state index contributed by atoms with van der Waals surface area (Å²) in [6.07, 6.45) is 3.73. The smallest absolute Gasteiger partial charge is 0.187 e. The van der Waals surface area contributed by atoms with E-state index in [0.29, 0.717) is 0 Å². The van der Waals surface area contributed by atoms with E-state index in [-0.39, 0.29) is 12.2 Å². The third-order valence-electron chi connectivity index (χ3n) is 3.43. The molecule has 0 amide bonds. The lowest BCUT2D eigenvalue weighted by atomic mass is 10.0. The molecule has 3 rings (SSSR count). The van der Waals surface area contributed by atoms with Gasteiger partial charge in [0, 0.05) is 10.7 Å². The Hall–Kier alpha value is -1.10. The van der Waals surface area contributed by atoms with E-state index in [4.69, 9.17) is 21.3 Å². The van der Waals surface area contributed by atoms with Gasteiger partial charge in [-0.3, -0.25) is 0 Å². The molecule has 0 aliphatic heterocycles. The Morgan fingerprint density at radius 3 is 2.81 bits per heavy atom. The van der Waals surface area contributed by atoms with Crippen molar-refractivity contribution in [1.82, 2.24) is 4.98 Å². The molecular formula is C16H19ClN2OS. The first-order valence-corrected chi connectivity index (χ1v) is 8.49.